The van der Waals surface area contributed by atoms with E-state index >= 15 is 0 Å². The Morgan fingerprint density at radius 3 is 2.29 bits per heavy atom. The van der Waals surface area contributed by atoms with Crippen LogP contribution in [0.4, 0.5) is 5.82 Å². The topological polar surface area (TPSA) is 37.8 Å². The lowest BCUT2D eigenvalue weighted by atomic mass is 10.2. The maximum Gasteiger partial charge on any atom is 0.132 e. The van der Waals surface area contributed by atoms with E-state index in [0.717, 1.165) is 36.7 Å². The Hall–Kier alpha value is -1.12. The van der Waals surface area contributed by atoms with E-state index in [9.17, 15) is 0 Å². The molecule has 1 aromatic heterocycles. The molecule has 0 aliphatic heterocycles. The van der Waals surface area contributed by atoms with Crippen LogP contribution in [0.1, 0.15) is 37.9 Å². The summed E-state index contributed by atoms with van der Waals surface area (Å²) in [6, 6.07) is 0. The largest absolute Gasteiger partial charge is 0.370 e. The average molecular weight is 193 g/mol. The van der Waals surface area contributed by atoms with E-state index in [2.05, 4.69) is 43.0 Å². The summed E-state index contributed by atoms with van der Waals surface area (Å²) in [4.78, 5) is 8.97. The number of nitrogens with zero attached hydrogens (tertiary/aromatic N) is 2. The lowest BCUT2D eigenvalue weighted by Crippen LogP contribution is -2.08. The van der Waals surface area contributed by atoms with Gasteiger partial charge in [-0.05, 0) is 20.3 Å². The molecule has 0 atom stereocenters. The first kappa shape index (κ1) is 11.0. The molecule has 0 unspecified atom stereocenters. The molecule has 14 heavy (non-hydrogen) atoms. The van der Waals surface area contributed by atoms with E-state index in [-0.39, 0.29) is 0 Å². The summed E-state index contributed by atoms with van der Waals surface area (Å²) >= 11 is 0. The Balaban J connectivity index is 3.12. The van der Waals surface area contributed by atoms with Crippen molar-refractivity contribution in [3.63, 3.8) is 0 Å². The van der Waals surface area contributed by atoms with Crippen molar-refractivity contribution in [3.8, 4) is 0 Å². The normalized spacial score (nSPS) is 10.3. The second kappa shape index (κ2) is 4.94. The molecule has 0 aromatic carbocycles. The molecule has 0 bridgehead atoms. The second-order valence-corrected chi connectivity index (χ2v) is 3.30. The van der Waals surface area contributed by atoms with Crippen LogP contribution >= 0.6 is 0 Å². The average Bonchev–Trinajstić information content (AvgIpc) is 2.21. The van der Waals surface area contributed by atoms with Crippen molar-refractivity contribution in [2.75, 3.05) is 11.9 Å². The van der Waals surface area contributed by atoms with Crippen LogP contribution in [0.15, 0.2) is 0 Å². The molecule has 0 spiro atoms. The Bertz CT molecular complexity index is 308. The second-order valence-electron chi connectivity index (χ2n) is 3.30. The van der Waals surface area contributed by atoms with Gasteiger partial charge < -0.3 is 5.32 Å². The van der Waals surface area contributed by atoms with Crippen LogP contribution in [0.2, 0.25) is 0 Å². The van der Waals surface area contributed by atoms with Gasteiger partial charge in [-0.25, -0.2) is 9.97 Å². The quantitative estimate of drug-likeness (QED) is 0.797. The van der Waals surface area contributed by atoms with E-state index in [1.165, 1.54) is 5.56 Å². The molecule has 1 N–H and O–H groups in total. The molecular weight excluding hydrogens is 174 g/mol. The first-order chi connectivity index (χ1) is 6.72. The standard InChI is InChI=1S/C11H19N3/c1-5-9-8(4)11(12-7-3)14-10(6-2)13-9/h5-7H2,1-4H3,(H,12,13,14). The zero-order valence-corrected chi connectivity index (χ0v) is 9.52. The maximum atomic E-state index is 4.50. The van der Waals surface area contributed by atoms with Gasteiger partial charge >= 0.3 is 0 Å². The van der Waals surface area contributed by atoms with Gasteiger partial charge in [0, 0.05) is 24.2 Å². The van der Waals surface area contributed by atoms with Crippen molar-refractivity contribution < 1.29 is 0 Å². The number of hydrogen-bond acceptors (Lipinski definition) is 3. The van der Waals surface area contributed by atoms with Gasteiger partial charge in [-0.1, -0.05) is 13.8 Å². The molecule has 3 heteroatoms. The third-order valence-corrected chi connectivity index (χ3v) is 2.29. The van der Waals surface area contributed by atoms with Crippen LogP contribution in [0, 0.1) is 6.92 Å². The number of aryl methyl sites for hydroxylation is 2. The van der Waals surface area contributed by atoms with Gasteiger partial charge in [0.15, 0.2) is 0 Å². The Morgan fingerprint density at radius 1 is 1.07 bits per heavy atom. The van der Waals surface area contributed by atoms with Crippen molar-refractivity contribution in [1.82, 2.24) is 9.97 Å². The van der Waals surface area contributed by atoms with Crippen molar-refractivity contribution in [2.45, 2.75) is 40.5 Å². The lowest BCUT2D eigenvalue weighted by Gasteiger charge is -2.11. The molecule has 0 aliphatic rings. The molecule has 0 aliphatic carbocycles. The zero-order valence-electron chi connectivity index (χ0n) is 9.52. The van der Waals surface area contributed by atoms with Crippen molar-refractivity contribution in [2.24, 2.45) is 0 Å². The number of anilines is 1. The molecular formula is C11H19N3. The molecule has 78 valence electrons. The molecule has 0 saturated heterocycles. The van der Waals surface area contributed by atoms with E-state index in [0.29, 0.717) is 0 Å². The van der Waals surface area contributed by atoms with E-state index in [4.69, 9.17) is 0 Å². The molecule has 0 amide bonds. The van der Waals surface area contributed by atoms with Gasteiger partial charge in [-0.2, -0.15) is 0 Å². The monoisotopic (exact) mass is 193 g/mol. The highest BCUT2D eigenvalue weighted by Crippen LogP contribution is 2.15. The van der Waals surface area contributed by atoms with Gasteiger partial charge in [-0.3, -0.25) is 0 Å². The minimum atomic E-state index is 0.895. The summed E-state index contributed by atoms with van der Waals surface area (Å²) in [7, 11) is 0. The molecule has 0 saturated carbocycles. The SMILES string of the molecule is CCNc1nc(CC)nc(CC)c1C. The van der Waals surface area contributed by atoms with E-state index in [1.807, 2.05) is 0 Å². The lowest BCUT2D eigenvalue weighted by molar-refractivity contribution is 0.871. The molecule has 0 radical (unpaired) electrons. The number of nitrogens with one attached hydrogen (secondary N) is 1. The summed E-state index contributed by atoms with van der Waals surface area (Å²) < 4.78 is 0. The number of aromatic nitrogens is 2. The van der Waals surface area contributed by atoms with Crippen molar-refractivity contribution in [3.05, 3.63) is 17.1 Å². The summed E-state index contributed by atoms with van der Waals surface area (Å²) in [5.74, 6) is 1.93. The number of rotatable bonds is 4. The summed E-state index contributed by atoms with van der Waals surface area (Å²) in [6.45, 7) is 9.28. The first-order valence-corrected chi connectivity index (χ1v) is 5.33. The van der Waals surface area contributed by atoms with Gasteiger partial charge in [-0.15, -0.1) is 0 Å². The van der Waals surface area contributed by atoms with Crippen LogP contribution in [0.3, 0.4) is 0 Å². The minimum Gasteiger partial charge on any atom is -0.370 e. The van der Waals surface area contributed by atoms with Crippen LogP contribution < -0.4 is 5.32 Å². The fraction of sp³-hybridized carbons (Fsp3) is 0.636. The third kappa shape index (κ3) is 2.22. The summed E-state index contributed by atoms with van der Waals surface area (Å²) in [5, 5.41) is 3.27. The van der Waals surface area contributed by atoms with Crippen LogP contribution in [-0.4, -0.2) is 16.5 Å². The van der Waals surface area contributed by atoms with Crippen molar-refractivity contribution >= 4 is 5.82 Å². The molecule has 1 aromatic rings. The fourth-order valence-corrected chi connectivity index (χ4v) is 1.46. The van der Waals surface area contributed by atoms with Gasteiger partial charge in [0.25, 0.3) is 0 Å². The fourth-order valence-electron chi connectivity index (χ4n) is 1.46. The molecule has 0 fully saturated rings. The van der Waals surface area contributed by atoms with E-state index in [1.54, 1.807) is 0 Å². The van der Waals surface area contributed by atoms with Crippen molar-refractivity contribution in [1.29, 1.82) is 0 Å². The van der Waals surface area contributed by atoms with Crippen LogP contribution in [-0.2, 0) is 12.8 Å². The molecule has 1 rings (SSSR count). The predicted molar refractivity (Wildman–Crippen MR) is 59.7 cm³/mol. The van der Waals surface area contributed by atoms with Gasteiger partial charge in [0.2, 0.25) is 0 Å². The Kier molecular flexibility index (Phi) is 3.86. The molecule has 1 heterocycles. The Labute approximate surface area is 86.0 Å². The maximum absolute atomic E-state index is 4.50. The Morgan fingerprint density at radius 2 is 1.79 bits per heavy atom. The molecule has 3 nitrogen and oxygen atoms in total. The van der Waals surface area contributed by atoms with Crippen LogP contribution in [0.5, 0.6) is 0 Å². The minimum absolute atomic E-state index is 0.895. The van der Waals surface area contributed by atoms with Gasteiger partial charge in [0.05, 0.1) is 0 Å². The summed E-state index contributed by atoms with van der Waals surface area (Å²) in [6.07, 6.45) is 1.87. The smallest absolute Gasteiger partial charge is 0.132 e. The summed E-state index contributed by atoms with van der Waals surface area (Å²) in [5.41, 5.74) is 2.35. The highest BCUT2D eigenvalue weighted by Gasteiger charge is 2.07. The van der Waals surface area contributed by atoms with Crippen LogP contribution in [0.25, 0.3) is 0 Å². The van der Waals surface area contributed by atoms with E-state index < -0.39 is 0 Å². The first-order valence-electron chi connectivity index (χ1n) is 5.33. The highest BCUT2D eigenvalue weighted by atomic mass is 15.0. The third-order valence-electron chi connectivity index (χ3n) is 2.29. The predicted octanol–water partition coefficient (Wildman–Crippen LogP) is 2.34. The van der Waals surface area contributed by atoms with Gasteiger partial charge in [0.1, 0.15) is 11.6 Å². The number of hydrogen-bond donors (Lipinski definition) is 1. The highest BCUT2D eigenvalue weighted by molar-refractivity contribution is 5.45. The zero-order chi connectivity index (χ0) is 10.6.